The topological polar surface area (TPSA) is 69.6 Å². The number of phenols is 1. The number of aliphatic hydroxyl groups is 1. The molecule has 1 aromatic rings. The predicted molar refractivity (Wildman–Crippen MR) is 61.6 cm³/mol. The Bertz CT molecular complexity index is 399. The quantitative estimate of drug-likeness (QED) is 0.719. The third-order valence-corrected chi connectivity index (χ3v) is 2.25. The molecule has 0 saturated heterocycles. The minimum absolute atomic E-state index is 0.00584. The molecule has 1 unspecified atom stereocenters. The number of carbonyl (C=O) groups is 1. The van der Waals surface area contributed by atoms with Crippen molar-refractivity contribution in [2.45, 2.75) is 26.9 Å². The van der Waals surface area contributed by atoms with E-state index in [9.17, 15) is 9.90 Å². The summed E-state index contributed by atoms with van der Waals surface area (Å²) >= 11 is 0. The molecule has 0 aliphatic rings. The molecule has 1 rings (SSSR count). The molecule has 0 radical (unpaired) electrons. The Morgan fingerprint density at radius 2 is 2.06 bits per heavy atom. The van der Waals surface area contributed by atoms with Crippen molar-refractivity contribution in [2.75, 3.05) is 6.54 Å². The van der Waals surface area contributed by atoms with Gasteiger partial charge in [-0.25, -0.2) is 0 Å². The summed E-state index contributed by atoms with van der Waals surface area (Å²) in [7, 11) is 0. The van der Waals surface area contributed by atoms with E-state index in [4.69, 9.17) is 5.11 Å². The molecule has 0 aliphatic heterocycles. The van der Waals surface area contributed by atoms with Crippen LogP contribution in [0.5, 0.6) is 5.75 Å². The van der Waals surface area contributed by atoms with Crippen molar-refractivity contribution in [3.63, 3.8) is 0 Å². The molecule has 0 aromatic heterocycles. The van der Waals surface area contributed by atoms with E-state index in [2.05, 4.69) is 5.32 Å². The molecule has 16 heavy (non-hydrogen) atoms. The second kappa shape index (κ2) is 4.99. The van der Waals surface area contributed by atoms with Gasteiger partial charge in [0.1, 0.15) is 5.75 Å². The molecule has 4 nitrogen and oxygen atoms in total. The highest BCUT2D eigenvalue weighted by Gasteiger charge is 2.13. The number of nitrogens with one attached hydrogen (secondary N) is 1. The van der Waals surface area contributed by atoms with Crippen molar-refractivity contribution in [2.24, 2.45) is 0 Å². The Morgan fingerprint density at radius 1 is 1.44 bits per heavy atom. The van der Waals surface area contributed by atoms with Crippen LogP contribution in [0.2, 0.25) is 0 Å². The van der Waals surface area contributed by atoms with Crippen LogP contribution in [0.25, 0.3) is 0 Å². The summed E-state index contributed by atoms with van der Waals surface area (Å²) in [5.74, 6) is -0.376. The van der Waals surface area contributed by atoms with Gasteiger partial charge in [0.25, 0.3) is 5.91 Å². The summed E-state index contributed by atoms with van der Waals surface area (Å²) in [5.41, 5.74) is 1.83. The number of hydrogen-bond acceptors (Lipinski definition) is 3. The molecular formula is C12H17NO3. The zero-order valence-corrected chi connectivity index (χ0v) is 9.74. The zero-order chi connectivity index (χ0) is 12.3. The molecule has 0 saturated carbocycles. The fourth-order valence-corrected chi connectivity index (χ4v) is 1.47. The molecule has 0 spiro atoms. The highest BCUT2D eigenvalue weighted by Crippen LogP contribution is 2.23. The van der Waals surface area contributed by atoms with Crippen LogP contribution in [0.15, 0.2) is 12.1 Å². The van der Waals surface area contributed by atoms with Crippen LogP contribution in [0.1, 0.15) is 28.4 Å². The van der Waals surface area contributed by atoms with Gasteiger partial charge in [-0.15, -0.1) is 0 Å². The van der Waals surface area contributed by atoms with Gasteiger partial charge in [0, 0.05) is 6.54 Å². The first-order chi connectivity index (χ1) is 7.41. The number of carbonyl (C=O) groups excluding carboxylic acids is 1. The van der Waals surface area contributed by atoms with Crippen LogP contribution in [0, 0.1) is 13.8 Å². The van der Waals surface area contributed by atoms with Crippen LogP contribution in [0.4, 0.5) is 0 Å². The predicted octanol–water partition coefficient (Wildman–Crippen LogP) is 1.12. The maximum Gasteiger partial charge on any atom is 0.255 e. The Hall–Kier alpha value is -1.55. The summed E-state index contributed by atoms with van der Waals surface area (Å²) < 4.78 is 0. The summed E-state index contributed by atoms with van der Waals surface area (Å²) in [5, 5.41) is 21.3. The highest BCUT2D eigenvalue weighted by atomic mass is 16.3. The summed E-state index contributed by atoms with van der Waals surface area (Å²) in [6, 6.07) is 3.43. The van der Waals surface area contributed by atoms with Gasteiger partial charge < -0.3 is 15.5 Å². The molecule has 0 fully saturated rings. The Balaban J connectivity index is 2.91. The fraction of sp³-hybridized carbons (Fsp3) is 0.417. The normalized spacial score (nSPS) is 12.2. The SMILES string of the molecule is Cc1cc(C)c(O)c(C(=O)NCC(C)O)c1. The first kappa shape index (κ1) is 12.5. The molecule has 0 bridgehead atoms. The largest absolute Gasteiger partial charge is 0.507 e. The van der Waals surface area contributed by atoms with E-state index in [-0.39, 0.29) is 23.8 Å². The summed E-state index contributed by atoms with van der Waals surface area (Å²) in [4.78, 5) is 11.7. The third-order valence-electron chi connectivity index (χ3n) is 2.25. The third kappa shape index (κ3) is 2.97. The van der Waals surface area contributed by atoms with Gasteiger partial charge in [0.2, 0.25) is 0 Å². The van der Waals surface area contributed by atoms with Crippen molar-refractivity contribution in [1.29, 1.82) is 0 Å². The van der Waals surface area contributed by atoms with E-state index in [0.29, 0.717) is 5.56 Å². The maximum atomic E-state index is 11.7. The molecule has 1 aromatic carbocycles. The number of hydrogen-bond donors (Lipinski definition) is 3. The number of rotatable bonds is 3. The van der Waals surface area contributed by atoms with Crippen molar-refractivity contribution in [3.8, 4) is 5.75 Å². The lowest BCUT2D eigenvalue weighted by Gasteiger charge is -2.10. The van der Waals surface area contributed by atoms with E-state index in [0.717, 1.165) is 5.56 Å². The summed E-state index contributed by atoms with van der Waals surface area (Å²) in [6.07, 6.45) is -0.600. The van der Waals surface area contributed by atoms with Crippen LogP contribution in [-0.4, -0.2) is 28.8 Å². The lowest BCUT2D eigenvalue weighted by atomic mass is 10.1. The van der Waals surface area contributed by atoms with E-state index in [1.807, 2.05) is 6.92 Å². The zero-order valence-electron chi connectivity index (χ0n) is 9.74. The van der Waals surface area contributed by atoms with Crippen LogP contribution >= 0.6 is 0 Å². The standard InChI is InChI=1S/C12H17NO3/c1-7-4-8(2)11(15)10(5-7)12(16)13-6-9(3)14/h4-5,9,14-15H,6H2,1-3H3,(H,13,16). The molecule has 1 atom stereocenters. The second-order valence-electron chi connectivity index (χ2n) is 4.04. The number of amides is 1. The maximum absolute atomic E-state index is 11.7. The van der Waals surface area contributed by atoms with Gasteiger partial charge in [0.05, 0.1) is 11.7 Å². The van der Waals surface area contributed by atoms with Gasteiger partial charge in [-0.3, -0.25) is 4.79 Å². The highest BCUT2D eigenvalue weighted by molar-refractivity contribution is 5.97. The number of benzene rings is 1. The number of phenolic OH excluding ortho intramolecular Hbond substituents is 1. The number of aliphatic hydroxyl groups excluding tert-OH is 1. The molecular weight excluding hydrogens is 206 g/mol. The second-order valence-corrected chi connectivity index (χ2v) is 4.04. The van der Waals surface area contributed by atoms with E-state index in [1.54, 1.807) is 26.0 Å². The lowest BCUT2D eigenvalue weighted by Crippen LogP contribution is -2.30. The van der Waals surface area contributed by atoms with Crippen molar-refractivity contribution >= 4 is 5.91 Å². The molecule has 1 amide bonds. The van der Waals surface area contributed by atoms with E-state index in [1.165, 1.54) is 0 Å². The fourth-order valence-electron chi connectivity index (χ4n) is 1.47. The van der Waals surface area contributed by atoms with Gasteiger partial charge in [-0.05, 0) is 38.0 Å². The van der Waals surface area contributed by atoms with E-state index < -0.39 is 6.10 Å². The van der Waals surface area contributed by atoms with Crippen LogP contribution in [-0.2, 0) is 0 Å². The monoisotopic (exact) mass is 223 g/mol. The summed E-state index contributed by atoms with van der Waals surface area (Å²) in [6.45, 7) is 5.36. The Kier molecular flexibility index (Phi) is 3.90. The smallest absolute Gasteiger partial charge is 0.255 e. The Morgan fingerprint density at radius 3 is 2.62 bits per heavy atom. The van der Waals surface area contributed by atoms with Gasteiger partial charge in [-0.2, -0.15) is 0 Å². The molecule has 0 heterocycles. The van der Waals surface area contributed by atoms with Gasteiger partial charge in [0.15, 0.2) is 0 Å². The first-order valence-electron chi connectivity index (χ1n) is 5.18. The van der Waals surface area contributed by atoms with Crippen molar-refractivity contribution in [3.05, 3.63) is 28.8 Å². The minimum atomic E-state index is -0.600. The van der Waals surface area contributed by atoms with Crippen molar-refractivity contribution < 1.29 is 15.0 Å². The van der Waals surface area contributed by atoms with Crippen LogP contribution in [0.3, 0.4) is 0 Å². The molecule has 0 aliphatic carbocycles. The average Bonchev–Trinajstić information content (AvgIpc) is 2.19. The minimum Gasteiger partial charge on any atom is -0.507 e. The Labute approximate surface area is 94.9 Å². The molecule has 4 heteroatoms. The number of aromatic hydroxyl groups is 1. The first-order valence-corrected chi connectivity index (χ1v) is 5.18. The lowest BCUT2D eigenvalue weighted by molar-refractivity contribution is 0.0921. The van der Waals surface area contributed by atoms with Gasteiger partial charge in [-0.1, -0.05) is 6.07 Å². The van der Waals surface area contributed by atoms with Gasteiger partial charge >= 0.3 is 0 Å². The van der Waals surface area contributed by atoms with E-state index >= 15 is 0 Å². The van der Waals surface area contributed by atoms with Crippen LogP contribution < -0.4 is 5.32 Å². The van der Waals surface area contributed by atoms with Crippen molar-refractivity contribution in [1.82, 2.24) is 5.32 Å². The number of aryl methyl sites for hydroxylation is 2. The molecule has 3 N–H and O–H groups in total. The average molecular weight is 223 g/mol. The molecule has 88 valence electrons.